The molecule has 2 unspecified atom stereocenters. The molecule has 0 amide bonds. The first-order chi connectivity index (χ1) is 8.83. The van der Waals surface area contributed by atoms with Crippen LogP contribution in [-0.2, 0) is 11.2 Å². The quantitative estimate of drug-likeness (QED) is 0.788. The van der Waals surface area contributed by atoms with E-state index in [0.29, 0.717) is 13.0 Å². The number of hydrogen-bond donors (Lipinski definition) is 1. The van der Waals surface area contributed by atoms with Gasteiger partial charge in [0.1, 0.15) is 0 Å². The summed E-state index contributed by atoms with van der Waals surface area (Å²) in [5, 5.41) is 10.3. The van der Waals surface area contributed by atoms with Crippen molar-refractivity contribution in [2.45, 2.75) is 51.0 Å². The molecule has 100 valence electrons. The third-order valence-electron chi connectivity index (χ3n) is 3.61. The van der Waals surface area contributed by atoms with Crippen molar-refractivity contribution in [3.05, 3.63) is 29.6 Å². The molecule has 0 bridgehead atoms. The van der Waals surface area contributed by atoms with Crippen molar-refractivity contribution in [2.24, 2.45) is 0 Å². The van der Waals surface area contributed by atoms with E-state index in [-0.39, 0.29) is 12.0 Å². The van der Waals surface area contributed by atoms with Gasteiger partial charge in [0.15, 0.2) is 0 Å². The van der Waals surface area contributed by atoms with Crippen LogP contribution in [0.3, 0.4) is 0 Å². The number of aryl methyl sites for hydroxylation is 1. The fraction of sp³-hybridized carbons (Fsp3) is 0.667. The Morgan fingerprint density at radius 2 is 2.39 bits per heavy atom. The van der Waals surface area contributed by atoms with E-state index in [1.165, 1.54) is 5.56 Å². The van der Waals surface area contributed by atoms with Crippen LogP contribution in [0.1, 0.15) is 49.8 Å². The van der Waals surface area contributed by atoms with Gasteiger partial charge in [-0.2, -0.15) is 0 Å². The van der Waals surface area contributed by atoms with Gasteiger partial charge >= 0.3 is 0 Å². The van der Waals surface area contributed by atoms with E-state index in [4.69, 9.17) is 4.74 Å². The van der Waals surface area contributed by atoms with Crippen molar-refractivity contribution in [3.63, 3.8) is 0 Å². The summed E-state index contributed by atoms with van der Waals surface area (Å²) in [6.45, 7) is 3.53. The SMILES string of the molecule is CCCOCCC(O)C1CCCc2cccnc21. The van der Waals surface area contributed by atoms with Gasteiger partial charge in [0.2, 0.25) is 0 Å². The number of aliphatic hydroxyl groups is 1. The number of rotatable bonds is 6. The lowest BCUT2D eigenvalue weighted by molar-refractivity contribution is 0.0646. The summed E-state index contributed by atoms with van der Waals surface area (Å²) in [6, 6.07) is 4.12. The average molecular weight is 249 g/mol. The second kappa shape index (κ2) is 6.86. The number of aromatic nitrogens is 1. The standard InChI is InChI=1S/C15H23NO2/c1-2-10-18-11-8-14(17)13-7-3-5-12-6-4-9-16-15(12)13/h4,6,9,13-14,17H,2-3,5,7-8,10-11H2,1H3. The Labute approximate surface area is 109 Å². The van der Waals surface area contributed by atoms with E-state index in [9.17, 15) is 5.11 Å². The molecule has 0 fully saturated rings. The predicted molar refractivity (Wildman–Crippen MR) is 71.6 cm³/mol. The van der Waals surface area contributed by atoms with Crippen LogP contribution >= 0.6 is 0 Å². The van der Waals surface area contributed by atoms with Gasteiger partial charge in [0, 0.05) is 31.0 Å². The Kier molecular flexibility index (Phi) is 5.14. The van der Waals surface area contributed by atoms with Crippen LogP contribution in [0.25, 0.3) is 0 Å². The van der Waals surface area contributed by atoms with Crippen molar-refractivity contribution >= 4 is 0 Å². The highest BCUT2D eigenvalue weighted by Gasteiger charge is 2.27. The molecule has 2 atom stereocenters. The molecule has 1 aromatic heterocycles. The zero-order chi connectivity index (χ0) is 12.8. The summed E-state index contributed by atoms with van der Waals surface area (Å²) in [7, 11) is 0. The second-order valence-corrected chi connectivity index (χ2v) is 5.01. The topological polar surface area (TPSA) is 42.4 Å². The molecule has 0 radical (unpaired) electrons. The highest BCUT2D eigenvalue weighted by molar-refractivity contribution is 5.26. The Bertz CT molecular complexity index is 367. The van der Waals surface area contributed by atoms with Crippen LogP contribution in [0.15, 0.2) is 18.3 Å². The van der Waals surface area contributed by atoms with Crippen LogP contribution in [0, 0.1) is 0 Å². The Morgan fingerprint density at radius 1 is 1.50 bits per heavy atom. The Balaban J connectivity index is 1.93. The third kappa shape index (κ3) is 3.30. The summed E-state index contributed by atoms with van der Waals surface area (Å²) in [4.78, 5) is 4.47. The minimum atomic E-state index is -0.323. The summed E-state index contributed by atoms with van der Waals surface area (Å²) >= 11 is 0. The summed E-state index contributed by atoms with van der Waals surface area (Å²) in [5.74, 6) is 0.195. The molecular weight excluding hydrogens is 226 g/mol. The molecule has 1 aliphatic rings. The number of nitrogens with zero attached hydrogens (tertiary/aromatic N) is 1. The van der Waals surface area contributed by atoms with Crippen molar-refractivity contribution in [2.75, 3.05) is 13.2 Å². The number of hydrogen-bond acceptors (Lipinski definition) is 3. The lowest BCUT2D eigenvalue weighted by Gasteiger charge is -2.28. The molecule has 1 aromatic rings. The lowest BCUT2D eigenvalue weighted by Crippen LogP contribution is -2.25. The smallest absolute Gasteiger partial charge is 0.0645 e. The average Bonchev–Trinajstić information content (AvgIpc) is 2.43. The van der Waals surface area contributed by atoms with Crippen LogP contribution in [0.4, 0.5) is 0 Å². The van der Waals surface area contributed by atoms with E-state index in [2.05, 4.69) is 18.0 Å². The second-order valence-electron chi connectivity index (χ2n) is 5.01. The van der Waals surface area contributed by atoms with Gasteiger partial charge < -0.3 is 9.84 Å². The van der Waals surface area contributed by atoms with E-state index in [0.717, 1.165) is 38.0 Å². The molecule has 0 spiro atoms. The van der Waals surface area contributed by atoms with Gasteiger partial charge in [0.25, 0.3) is 0 Å². The Hall–Kier alpha value is -0.930. The largest absolute Gasteiger partial charge is 0.392 e. The summed E-state index contributed by atoms with van der Waals surface area (Å²) < 4.78 is 5.45. The highest BCUT2D eigenvalue weighted by atomic mass is 16.5. The van der Waals surface area contributed by atoms with Gasteiger partial charge in [-0.25, -0.2) is 0 Å². The molecule has 3 heteroatoms. The Morgan fingerprint density at radius 3 is 3.22 bits per heavy atom. The first kappa shape index (κ1) is 13.5. The molecule has 0 aliphatic heterocycles. The van der Waals surface area contributed by atoms with Gasteiger partial charge in [-0.05, 0) is 43.7 Å². The number of ether oxygens (including phenoxy) is 1. The monoisotopic (exact) mass is 249 g/mol. The summed E-state index contributed by atoms with van der Waals surface area (Å²) in [5.41, 5.74) is 2.41. The van der Waals surface area contributed by atoms with E-state index in [1.807, 2.05) is 12.3 Å². The van der Waals surface area contributed by atoms with Crippen LogP contribution in [0.2, 0.25) is 0 Å². The first-order valence-electron chi connectivity index (χ1n) is 7.02. The van der Waals surface area contributed by atoms with E-state index in [1.54, 1.807) is 0 Å². The zero-order valence-electron chi connectivity index (χ0n) is 11.1. The van der Waals surface area contributed by atoms with E-state index < -0.39 is 0 Å². The molecule has 2 rings (SSSR count). The van der Waals surface area contributed by atoms with Crippen molar-refractivity contribution in [1.29, 1.82) is 0 Å². The van der Waals surface area contributed by atoms with Crippen LogP contribution in [-0.4, -0.2) is 29.4 Å². The minimum absolute atomic E-state index is 0.195. The molecule has 1 heterocycles. The molecule has 18 heavy (non-hydrogen) atoms. The van der Waals surface area contributed by atoms with Gasteiger partial charge in [-0.1, -0.05) is 13.0 Å². The normalized spacial score (nSPS) is 20.4. The fourth-order valence-corrected chi connectivity index (χ4v) is 2.67. The van der Waals surface area contributed by atoms with Crippen LogP contribution in [0.5, 0.6) is 0 Å². The maximum atomic E-state index is 10.3. The summed E-state index contributed by atoms with van der Waals surface area (Å²) in [6.07, 6.45) is 6.53. The molecule has 1 aliphatic carbocycles. The minimum Gasteiger partial charge on any atom is -0.392 e. The van der Waals surface area contributed by atoms with Crippen LogP contribution < -0.4 is 0 Å². The predicted octanol–water partition coefficient (Wildman–Crippen LogP) is 2.68. The van der Waals surface area contributed by atoms with Gasteiger partial charge in [-0.15, -0.1) is 0 Å². The molecule has 1 N–H and O–H groups in total. The van der Waals surface area contributed by atoms with Crippen molar-refractivity contribution < 1.29 is 9.84 Å². The number of aliphatic hydroxyl groups excluding tert-OH is 1. The third-order valence-corrected chi connectivity index (χ3v) is 3.61. The molecule has 0 aromatic carbocycles. The van der Waals surface area contributed by atoms with Gasteiger partial charge in [0.05, 0.1) is 6.10 Å². The maximum absolute atomic E-state index is 10.3. The number of fused-ring (bicyclic) bond motifs is 1. The van der Waals surface area contributed by atoms with E-state index >= 15 is 0 Å². The molecule has 0 saturated heterocycles. The number of pyridine rings is 1. The molecular formula is C15H23NO2. The molecule has 0 saturated carbocycles. The van der Waals surface area contributed by atoms with Crippen molar-refractivity contribution in [1.82, 2.24) is 4.98 Å². The first-order valence-corrected chi connectivity index (χ1v) is 7.02. The maximum Gasteiger partial charge on any atom is 0.0645 e. The van der Waals surface area contributed by atoms with Crippen molar-refractivity contribution in [3.8, 4) is 0 Å². The molecule has 3 nitrogen and oxygen atoms in total. The van der Waals surface area contributed by atoms with Gasteiger partial charge in [-0.3, -0.25) is 4.98 Å². The zero-order valence-corrected chi connectivity index (χ0v) is 11.1. The fourth-order valence-electron chi connectivity index (χ4n) is 2.67. The highest BCUT2D eigenvalue weighted by Crippen LogP contribution is 2.33. The lowest BCUT2D eigenvalue weighted by atomic mass is 9.82.